The first-order valence-electron chi connectivity index (χ1n) is 2.23. The summed E-state index contributed by atoms with van der Waals surface area (Å²) in [4.78, 5) is 3.05. The van der Waals surface area contributed by atoms with Crippen molar-refractivity contribution in [3.63, 3.8) is 0 Å². The number of nitrogens with zero attached hydrogens (tertiary/aromatic N) is 2. The van der Waals surface area contributed by atoms with Crippen LogP contribution in [-0.2, 0) is 6.18 Å². The molecule has 0 aromatic carbocycles. The van der Waals surface area contributed by atoms with Gasteiger partial charge in [0.2, 0.25) is 5.82 Å². The maximum Gasteiger partial charge on any atom is 0.452 e. The Balaban J connectivity index is 2.96. The van der Waals surface area contributed by atoms with Crippen LogP contribution in [0.15, 0.2) is 0 Å². The van der Waals surface area contributed by atoms with Gasteiger partial charge in [0.25, 0.3) is 0 Å². The molecule has 0 fully saturated rings. The molecular formula is C4H2F3N2S. The molecule has 10 heavy (non-hydrogen) atoms. The number of halogens is 3. The molecule has 0 amide bonds. The molecule has 1 heterocycles. The molecule has 0 bridgehead atoms. The van der Waals surface area contributed by atoms with Gasteiger partial charge in [-0.25, -0.2) is 4.98 Å². The molecule has 2 nitrogen and oxygen atoms in total. The zero-order chi connectivity index (χ0) is 7.78. The third-order valence-corrected chi connectivity index (χ3v) is 1.29. The van der Waals surface area contributed by atoms with E-state index < -0.39 is 12.0 Å². The number of alkyl halides is 3. The fourth-order valence-corrected chi connectivity index (χ4v) is 0.833. The van der Waals surface area contributed by atoms with Crippen molar-refractivity contribution in [3.8, 4) is 0 Å². The van der Waals surface area contributed by atoms with Crippen molar-refractivity contribution in [1.29, 1.82) is 0 Å². The molecule has 1 radical (unpaired) electrons. The monoisotopic (exact) mass is 167 g/mol. The molecule has 0 N–H and O–H groups in total. The van der Waals surface area contributed by atoms with Gasteiger partial charge in [0.1, 0.15) is 5.01 Å². The van der Waals surface area contributed by atoms with Crippen molar-refractivity contribution >= 4 is 11.5 Å². The van der Waals surface area contributed by atoms with Crippen molar-refractivity contribution < 1.29 is 13.2 Å². The Hall–Kier alpha value is -0.650. The van der Waals surface area contributed by atoms with E-state index in [1.54, 1.807) is 0 Å². The first-order chi connectivity index (χ1) is 4.50. The third kappa shape index (κ3) is 1.44. The average molecular weight is 167 g/mol. The fourth-order valence-electron chi connectivity index (χ4n) is 0.370. The molecule has 0 saturated carbocycles. The van der Waals surface area contributed by atoms with Crippen molar-refractivity contribution in [2.24, 2.45) is 0 Å². The lowest BCUT2D eigenvalue weighted by Gasteiger charge is -1.96. The predicted octanol–water partition coefficient (Wildman–Crippen LogP) is 1.74. The molecule has 0 spiro atoms. The van der Waals surface area contributed by atoms with Crippen molar-refractivity contribution in [2.45, 2.75) is 6.18 Å². The van der Waals surface area contributed by atoms with Gasteiger partial charge in [0.05, 0.1) is 0 Å². The number of aromatic nitrogens is 2. The van der Waals surface area contributed by atoms with Crippen LogP contribution in [0.1, 0.15) is 10.8 Å². The van der Waals surface area contributed by atoms with Crippen molar-refractivity contribution in [2.75, 3.05) is 0 Å². The van der Waals surface area contributed by atoms with E-state index in [2.05, 4.69) is 16.3 Å². The topological polar surface area (TPSA) is 25.8 Å². The highest BCUT2D eigenvalue weighted by molar-refractivity contribution is 7.05. The van der Waals surface area contributed by atoms with E-state index in [0.29, 0.717) is 11.5 Å². The molecule has 55 valence electrons. The fraction of sp³-hybridized carbons (Fsp3) is 0.250. The largest absolute Gasteiger partial charge is 0.452 e. The highest BCUT2D eigenvalue weighted by Crippen LogP contribution is 2.26. The summed E-state index contributed by atoms with van der Waals surface area (Å²) in [6.07, 6.45) is -4.44. The van der Waals surface area contributed by atoms with Crippen LogP contribution >= 0.6 is 11.5 Å². The molecular weight excluding hydrogens is 165 g/mol. The summed E-state index contributed by atoms with van der Waals surface area (Å²) in [5.74, 6) is -1.11. The van der Waals surface area contributed by atoms with E-state index in [4.69, 9.17) is 0 Å². The van der Waals surface area contributed by atoms with Gasteiger partial charge in [-0.1, -0.05) is 0 Å². The van der Waals surface area contributed by atoms with Crippen molar-refractivity contribution in [1.82, 2.24) is 9.36 Å². The van der Waals surface area contributed by atoms with Crippen LogP contribution < -0.4 is 0 Å². The highest BCUT2D eigenvalue weighted by atomic mass is 32.1. The maximum atomic E-state index is 11.7. The van der Waals surface area contributed by atoms with Crippen LogP contribution in [0.3, 0.4) is 0 Å². The molecule has 0 saturated heterocycles. The van der Waals surface area contributed by atoms with E-state index in [9.17, 15) is 13.2 Å². The highest BCUT2D eigenvalue weighted by Gasteiger charge is 2.35. The van der Waals surface area contributed by atoms with Crippen LogP contribution in [0, 0.1) is 6.92 Å². The zero-order valence-corrected chi connectivity index (χ0v) is 5.46. The summed E-state index contributed by atoms with van der Waals surface area (Å²) in [5.41, 5.74) is 0. The van der Waals surface area contributed by atoms with Crippen LogP contribution in [0.2, 0.25) is 0 Å². The van der Waals surface area contributed by atoms with E-state index in [-0.39, 0.29) is 5.01 Å². The minimum Gasteiger partial charge on any atom is -0.216 e. The molecule has 1 rings (SSSR count). The summed E-state index contributed by atoms with van der Waals surface area (Å²) >= 11 is 0.639. The first kappa shape index (κ1) is 7.46. The molecule has 0 aliphatic rings. The van der Waals surface area contributed by atoms with Gasteiger partial charge in [-0.3, -0.25) is 0 Å². The Morgan fingerprint density at radius 3 is 2.20 bits per heavy atom. The second-order valence-electron chi connectivity index (χ2n) is 1.51. The lowest BCUT2D eigenvalue weighted by Crippen LogP contribution is -2.06. The van der Waals surface area contributed by atoms with Gasteiger partial charge in [0.15, 0.2) is 0 Å². The molecule has 1 aromatic heterocycles. The minimum atomic E-state index is -4.44. The Morgan fingerprint density at radius 2 is 2.00 bits per heavy atom. The number of hydrogen-bond donors (Lipinski definition) is 0. The third-order valence-electron chi connectivity index (χ3n) is 0.722. The van der Waals surface area contributed by atoms with Crippen LogP contribution in [-0.4, -0.2) is 9.36 Å². The normalized spacial score (nSPS) is 12.0. The second-order valence-corrected chi connectivity index (χ2v) is 2.35. The van der Waals surface area contributed by atoms with Crippen molar-refractivity contribution in [3.05, 3.63) is 17.8 Å². The number of hydrogen-bond acceptors (Lipinski definition) is 3. The summed E-state index contributed by atoms with van der Waals surface area (Å²) in [6, 6.07) is 0. The summed E-state index contributed by atoms with van der Waals surface area (Å²) in [7, 11) is 0. The van der Waals surface area contributed by atoms with Gasteiger partial charge in [0, 0.05) is 6.92 Å². The summed E-state index contributed by atoms with van der Waals surface area (Å²) in [6.45, 7) is 3.20. The minimum absolute atomic E-state index is 0.0762. The second kappa shape index (κ2) is 2.19. The maximum absolute atomic E-state index is 11.7. The van der Waals surface area contributed by atoms with E-state index in [1.807, 2.05) is 0 Å². The van der Waals surface area contributed by atoms with Gasteiger partial charge in [-0.2, -0.15) is 17.5 Å². The quantitative estimate of drug-likeness (QED) is 0.588. The van der Waals surface area contributed by atoms with Crippen LogP contribution in [0.5, 0.6) is 0 Å². The SMILES string of the molecule is [CH2]c1nc(C(F)(F)F)ns1. The Kier molecular flexibility index (Phi) is 1.63. The lowest BCUT2D eigenvalue weighted by atomic mass is 10.6. The molecule has 0 atom stereocenters. The standard InChI is InChI=1S/C4H2F3N2S/c1-2-8-3(9-10-2)4(5,6)7/h1H2. The average Bonchev–Trinajstić information content (AvgIpc) is 2.11. The Bertz CT molecular complexity index is 229. The number of rotatable bonds is 0. The van der Waals surface area contributed by atoms with Gasteiger partial charge in [-0.15, -0.1) is 0 Å². The molecule has 6 heteroatoms. The van der Waals surface area contributed by atoms with Crippen LogP contribution in [0.4, 0.5) is 13.2 Å². The van der Waals surface area contributed by atoms with Gasteiger partial charge < -0.3 is 0 Å². The first-order valence-corrected chi connectivity index (χ1v) is 3.00. The summed E-state index contributed by atoms with van der Waals surface area (Å²) < 4.78 is 38.0. The Labute approximate surface area is 58.9 Å². The molecule has 0 aliphatic heterocycles. The summed E-state index contributed by atoms with van der Waals surface area (Å²) in [5, 5.41) is 0.0762. The van der Waals surface area contributed by atoms with Gasteiger partial charge in [-0.05, 0) is 11.5 Å². The van der Waals surface area contributed by atoms with Gasteiger partial charge >= 0.3 is 6.18 Å². The molecule has 1 aromatic rings. The van der Waals surface area contributed by atoms with E-state index >= 15 is 0 Å². The smallest absolute Gasteiger partial charge is 0.216 e. The molecule has 0 aliphatic carbocycles. The van der Waals surface area contributed by atoms with E-state index in [1.165, 1.54) is 0 Å². The Morgan fingerprint density at radius 1 is 1.40 bits per heavy atom. The van der Waals surface area contributed by atoms with Crippen LogP contribution in [0.25, 0.3) is 0 Å². The predicted molar refractivity (Wildman–Crippen MR) is 29.4 cm³/mol. The molecule has 0 unspecified atom stereocenters. The van der Waals surface area contributed by atoms with E-state index in [0.717, 1.165) is 0 Å². The zero-order valence-electron chi connectivity index (χ0n) is 4.64. The lowest BCUT2D eigenvalue weighted by molar-refractivity contribution is -0.144.